The number of rotatable bonds is 22. The molecule has 0 aliphatic heterocycles. The van der Waals surface area contributed by atoms with Gasteiger partial charge in [0.25, 0.3) is 0 Å². The zero-order valence-electron chi connectivity index (χ0n) is 22.5. The third-order valence-corrected chi connectivity index (χ3v) is 5.99. The van der Waals surface area contributed by atoms with Gasteiger partial charge in [-0.15, -0.1) is 0 Å². The van der Waals surface area contributed by atoms with Crippen LogP contribution in [0.4, 0.5) is 0 Å². The molecule has 1 rings (SSSR count). The highest BCUT2D eigenvalue weighted by molar-refractivity contribution is 6.04. The summed E-state index contributed by atoms with van der Waals surface area (Å²) in [5.41, 5.74) is 1.76. The van der Waals surface area contributed by atoms with Crippen molar-refractivity contribution in [2.24, 2.45) is 0 Å². The van der Waals surface area contributed by atoms with Crippen LogP contribution in [0.5, 0.6) is 5.75 Å². The quantitative estimate of drug-likeness (QED) is 0.119. The average Bonchev–Trinajstić information content (AvgIpc) is 2.86. The molecule has 0 atom stereocenters. The Morgan fingerprint density at radius 3 is 2.09 bits per heavy atom. The zero-order valence-corrected chi connectivity index (χ0v) is 22.5. The van der Waals surface area contributed by atoms with Crippen LogP contribution in [0.2, 0.25) is 0 Å². The summed E-state index contributed by atoms with van der Waals surface area (Å²) in [6.07, 6.45) is 13.2. The van der Waals surface area contributed by atoms with E-state index in [0.717, 1.165) is 69.6 Å². The van der Waals surface area contributed by atoms with Crippen LogP contribution in [0.3, 0.4) is 0 Å². The third kappa shape index (κ3) is 14.4. The fraction of sp³-hybridized carbons (Fsp3) is 0.690. The van der Waals surface area contributed by atoms with Crippen molar-refractivity contribution in [1.29, 1.82) is 0 Å². The molecule has 0 spiro atoms. The van der Waals surface area contributed by atoms with Gasteiger partial charge in [0.15, 0.2) is 5.78 Å². The first-order valence-electron chi connectivity index (χ1n) is 13.7. The van der Waals surface area contributed by atoms with Crippen molar-refractivity contribution in [2.75, 3.05) is 46.4 Å². The van der Waals surface area contributed by atoms with Crippen LogP contribution >= 0.6 is 0 Å². The van der Waals surface area contributed by atoms with Crippen LogP contribution in [0.25, 0.3) is 0 Å². The van der Waals surface area contributed by atoms with Crippen LogP contribution in [0.15, 0.2) is 36.0 Å². The lowest BCUT2D eigenvalue weighted by Crippen LogP contribution is -2.28. The highest BCUT2D eigenvalue weighted by atomic mass is 16.5. The molecule has 1 aromatic carbocycles. The number of hydrogen-bond donors (Lipinski definition) is 2. The van der Waals surface area contributed by atoms with Crippen molar-refractivity contribution in [3.63, 3.8) is 0 Å². The van der Waals surface area contributed by atoms with E-state index in [9.17, 15) is 4.79 Å². The highest BCUT2D eigenvalue weighted by Gasteiger charge is 2.07. The Morgan fingerprint density at radius 1 is 0.853 bits per heavy atom. The van der Waals surface area contributed by atoms with Crippen LogP contribution in [0.1, 0.15) is 95.3 Å². The van der Waals surface area contributed by atoms with Gasteiger partial charge >= 0.3 is 0 Å². The molecule has 0 bridgehead atoms. The van der Waals surface area contributed by atoms with Gasteiger partial charge in [0, 0.05) is 30.4 Å². The van der Waals surface area contributed by atoms with Crippen molar-refractivity contribution in [3.8, 4) is 5.75 Å². The molecule has 0 radical (unpaired) electrons. The molecule has 194 valence electrons. The highest BCUT2D eigenvalue weighted by Crippen LogP contribution is 2.15. The van der Waals surface area contributed by atoms with E-state index in [0.29, 0.717) is 12.2 Å². The molecule has 34 heavy (non-hydrogen) atoms. The number of carbonyl (C=O) groups is 1. The van der Waals surface area contributed by atoms with E-state index in [4.69, 9.17) is 4.74 Å². The molecule has 5 heteroatoms. The predicted molar refractivity (Wildman–Crippen MR) is 146 cm³/mol. The first kappa shape index (κ1) is 30.2. The van der Waals surface area contributed by atoms with Crippen molar-refractivity contribution in [1.82, 2.24) is 15.5 Å². The summed E-state index contributed by atoms with van der Waals surface area (Å²) >= 11 is 0. The Bertz CT molecular complexity index is 650. The lowest BCUT2D eigenvalue weighted by Gasteiger charge is -2.21. The summed E-state index contributed by atoms with van der Waals surface area (Å²) < 4.78 is 5.95. The molecule has 5 nitrogen and oxygen atoms in total. The van der Waals surface area contributed by atoms with E-state index in [1.54, 1.807) is 6.08 Å². The number of nitrogens with one attached hydrogen (secondary N) is 2. The molecule has 2 N–H and O–H groups in total. The first-order chi connectivity index (χ1) is 16.6. The molecular weight excluding hydrogens is 422 g/mol. The molecule has 0 amide bonds. The first-order valence-corrected chi connectivity index (χ1v) is 13.7. The molecule has 0 saturated carbocycles. The van der Waals surface area contributed by atoms with E-state index in [2.05, 4.69) is 36.3 Å². The van der Waals surface area contributed by atoms with Gasteiger partial charge in [-0.2, -0.15) is 0 Å². The average molecular weight is 474 g/mol. The lowest BCUT2D eigenvalue weighted by molar-refractivity contribution is 0.104. The van der Waals surface area contributed by atoms with Gasteiger partial charge in [0.05, 0.1) is 6.61 Å². The van der Waals surface area contributed by atoms with Crippen LogP contribution in [0, 0.1) is 0 Å². The van der Waals surface area contributed by atoms with Gasteiger partial charge < -0.3 is 20.3 Å². The Morgan fingerprint density at radius 2 is 1.47 bits per heavy atom. The van der Waals surface area contributed by atoms with Gasteiger partial charge in [-0.05, 0) is 95.9 Å². The maximum atomic E-state index is 12.8. The van der Waals surface area contributed by atoms with E-state index in [1.807, 2.05) is 31.3 Å². The summed E-state index contributed by atoms with van der Waals surface area (Å²) in [4.78, 5) is 15.4. The number of carbonyl (C=O) groups excluding carboxylic acids is 1. The number of hydrogen-bond acceptors (Lipinski definition) is 5. The molecule has 0 aliphatic carbocycles. The normalized spacial score (nSPS) is 11.7. The van der Waals surface area contributed by atoms with Gasteiger partial charge in [-0.25, -0.2) is 0 Å². The second-order valence-electron chi connectivity index (χ2n) is 9.15. The van der Waals surface area contributed by atoms with E-state index >= 15 is 0 Å². The Labute approximate surface area is 209 Å². The number of nitrogens with zero attached hydrogens (tertiary/aromatic N) is 1. The minimum Gasteiger partial charge on any atom is -0.494 e. The Kier molecular flexibility index (Phi) is 18.2. The topological polar surface area (TPSA) is 53.6 Å². The maximum Gasteiger partial charge on any atom is 0.187 e. The molecule has 0 heterocycles. The second kappa shape index (κ2) is 20.5. The van der Waals surface area contributed by atoms with E-state index in [-0.39, 0.29) is 5.78 Å². The number of unbranched alkanes of at least 4 members (excludes halogenated alkanes) is 4. The van der Waals surface area contributed by atoms with Gasteiger partial charge in [0.1, 0.15) is 5.75 Å². The minimum absolute atomic E-state index is 0.0582. The minimum atomic E-state index is 0.0582. The van der Waals surface area contributed by atoms with Crippen LogP contribution < -0.4 is 15.4 Å². The summed E-state index contributed by atoms with van der Waals surface area (Å²) in [5, 5.41) is 6.65. The number of allylic oxidation sites excluding steroid dienone is 2. The SMILES string of the molecule is CCCC/C(=C\C(=O)c1ccc(OCCCN(CCCC)CCCC)cc1)NCCCCNC. The summed E-state index contributed by atoms with van der Waals surface area (Å²) in [6, 6.07) is 7.61. The van der Waals surface area contributed by atoms with Crippen LogP contribution in [-0.2, 0) is 0 Å². The van der Waals surface area contributed by atoms with Gasteiger partial charge in [0.2, 0.25) is 0 Å². The predicted octanol–water partition coefficient (Wildman–Crippen LogP) is 6.20. The summed E-state index contributed by atoms with van der Waals surface area (Å²) in [7, 11) is 1.98. The fourth-order valence-electron chi connectivity index (χ4n) is 3.79. The van der Waals surface area contributed by atoms with Crippen molar-refractivity contribution >= 4 is 5.78 Å². The third-order valence-electron chi connectivity index (χ3n) is 5.99. The number of ether oxygens (including phenoxy) is 1. The second-order valence-corrected chi connectivity index (χ2v) is 9.15. The summed E-state index contributed by atoms with van der Waals surface area (Å²) in [5.74, 6) is 0.894. The number of ketones is 1. The van der Waals surface area contributed by atoms with Crippen molar-refractivity contribution < 1.29 is 9.53 Å². The molecule has 1 aromatic rings. The maximum absolute atomic E-state index is 12.8. The standard InChI is InChI=1S/C29H51N3O2/c1-5-8-14-27(31-20-12-11-19-30-4)25-29(33)26-15-17-28(18-16-26)34-24-13-23-32(21-9-6-2)22-10-7-3/h15-18,25,30-31H,5-14,19-24H2,1-4H3/b27-25+. The lowest BCUT2D eigenvalue weighted by atomic mass is 10.1. The molecule has 0 aliphatic rings. The molecule has 0 unspecified atom stereocenters. The summed E-state index contributed by atoms with van der Waals surface area (Å²) in [6.45, 7) is 12.8. The fourth-order valence-corrected chi connectivity index (χ4v) is 3.79. The van der Waals surface area contributed by atoms with Crippen molar-refractivity contribution in [2.45, 2.75) is 85.0 Å². The van der Waals surface area contributed by atoms with Crippen molar-refractivity contribution in [3.05, 3.63) is 41.6 Å². The monoisotopic (exact) mass is 473 g/mol. The van der Waals surface area contributed by atoms with Gasteiger partial charge in [-0.1, -0.05) is 40.0 Å². The Balaban J connectivity index is 2.51. The molecule has 0 aromatic heterocycles. The largest absolute Gasteiger partial charge is 0.494 e. The van der Waals surface area contributed by atoms with Crippen LogP contribution in [-0.4, -0.2) is 57.1 Å². The zero-order chi connectivity index (χ0) is 24.9. The van der Waals surface area contributed by atoms with E-state index < -0.39 is 0 Å². The van der Waals surface area contributed by atoms with Gasteiger partial charge in [-0.3, -0.25) is 4.79 Å². The molecular formula is C29H51N3O2. The molecule has 0 fully saturated rings. The molecule has 0 saturated heterocycles. The Hall–Kier alpha value is -1.85. The smallest absolute Gasteiger partial charge is 0.187 e. The van der Waals surface area contributed by atoms with E-state index in [1.165, 1.54) is 38.8 Å². The number of benzene rings is 1.